The molecule has 2 amide bonds. The Bertz CT molecular complexity index is 443. The summed E-state index contributed by atoms with van der Waals surface area (Å²) in [5.41, 5.74) is 1.48. The zero-order valence-electron chi connectivity index (χ0n) is 14.8. The molecule has 7 heteroatoms. The molecule has 2 N–H and O–H groups in total. The molecule has 0 aromatic rings. The Hall–Kier alpha value is -1.34. The van der Waals surface area contributed by atoms with Gasteiger partial charge in [0.25, 0.3) is 5.91 Å². The number of likely N-dealkylation sites (tertiary alicyclic amines) is 1. The van der Waals surface area contributed by atoms with E-state index in [4.69, 9.17) is 4.74 Å². The number of alkyl carbamates (subject to hydrolysis) is 1. The summed E-state index contributed by atoms with van der Waals surface area (Å²) in [4.78, 5) is 27.1. The number of ether oxygens (including phenoxy) is 1. The maximum absolute atomic E-state index is 12.8. The van der Waals surface area contributed by atoms with E-state index in [9.17, 15) is 9.59 Å². The molecule has 1 unspecified atom stereocenters. The lowest BCUT2D eigenvalue weighted by molar-refractivity contribution is -0.132. The van der Waals surface area contributed by atoms with Gasteiger partial charge in [0.1, 0.15) is 11.1 Å². The van der Waals surface area contributed by atoms with Gasteiger partial charge in [-0.15, -0.1) is 0 Å². The highest BCUT2D eigenvalue weighted by atomic mass is 16.6. The number of hydrazine groups is 1. The first kappa shape index (κ1) is 18.0. The SMILES string of the molecule is CN1CCC(NC(=O)OC(C)(C)C)(C(=O)NN2CCCCC2)C1. The number of carbonyl (C=O) groups is 2. The topological polar surface area (TPSA) is 73.9 Å². The second kappa shape index (κ2) is 7.05. The van der Waals surface area contributed by atoms with Crippen LogP contribution in [0.2, 0.25) is 0 Å². The molecule has 2 saturated heterocycles. The molecule has 2 aliphatic rings. The Morgan fingerprint density at radius 2 is 1.74 bits per heavy atom. The Morgan fingerprint density at radius 3 is 2.26 bits per heavy atom. The van der Waals surface area contributed by atoms with E-state index in [1.165, 1.54) is 6.42 Å². The van der Waals surface area contributed by atoms with Gasteiger partial charge in [0.05, 0.1) is 0 Å². The minimum absolute atomic E-state index is 0.144. The van der Waals surface area contributed by atoms with Crippen LogP contribution in [0.25, 0.3) is 0 Å². The number of carbonyl (C=O) groups excluding carboxylic acids is 2. The van der Waals surface area contributed by atoms with E-state index in [1.807, 2.05) is 37.7 Å². The van der Waals surface area contributed by atoms with Crippen molar-refractivity contribution in [2.24, 2.45) is 0 Å². The van der Waals surface area contributed by atoms with E-state index in [-0.39, 0.29) is 5.91 Å². The molecular weight excluding hydrogens is 296 g/mol. The molecule has 132 valence electrons. The highest BCUT2D eigenvalue weighted by molar-refractivity contribution is 5.90. The molecule has 0 saturated carbocycles. The first-order valence-electron chi connectivity index (χ1n) is 8.46. The molecule has 23 heavy (non-hydrogen) atoms. The number of amides is 2. The molecule has 0 bridgehead atoms. The molecule has 0 spiro atoms. The van der Waals surface area contributed by atoms with Gasteiger partial charge in [0, 0.05) is 26.2 Å². The van der Waals surface area contributed by atoms with Crippen LogP contribution in [-0.2, 0) is 9.53 Å². The van der Waals surface area contributed by atoms with Gasteiger partial charge in [-0.3, -0.25) is 10.2 Å². The number of hydrogen-bond acceptors (Lipinski definition) is 5. The first-order valence-corrected chi connectivity index (χ1v) is 8.46. The van der Waals surface area contributed by atoms with Crippen LogP contribution in [-0.4, -0.2) is 66.3 Å². The standard InChI is InChI=1S/C16H30N4O3/c1-15(2,3)23-14(22)17-16(8-11-19(4)12-16)13(21)18-20-9-6-5-7-10-20/h5-12H2,1-4H3,(H,17,22)(H,18,21). The lowest BCUT2D eigenvalue weighted by Gasteiger charge is -2.34. The summed E-state index contributed by atoms with van der Waals surface area (Å²) in [6, 6.07) is 0. The zero-order chi connectivity index (χ0) is 17.1. The van der Waals surface area contributed by atoms with Crippen LogP contribution in [0.15, 0.2) is 0 Å². The minimum Gasteiger partial charge on any atom is -0.444 e. The highest BCUT2D eigenvalue weighted by Gasteiger charge is 2.46. The van der Waals surface area contributed by atoms with Crippen molar-refractivity contribution >= 4 is 12.0 Å². The molecule has 2 fully saturated rings. The largest absolute Gasteiger partial charge is 0.444 e. The number of likely N-dealkylation sites (N-methyl/N-ethyl adjacent to an activating group) is 1. The van der Waals surface area contributed by atoms with Gasteiger partial charge in [-0.25, -0.2) is 9.80 Å². The van der Waals surface area contributed by atoms with Crippen LogP contribution < -0.4 is 10.7 Å². The number of rotatable bonds is 3. The van der Waals surface area contributed by atoms with Gasteiger partial charge in [0.2, 0.25) is 0 Å². The number of piperidine rings is 1. The monoisotopic (exact) mass is 326 g/mol. The Balaban J connectivity index is 2.02. The third-order valence-corrected chi connectivity index (χ3v) is 4.25. The summed E-state index contributed by atoms with van der Waals surface area (Å²) in [7, 11) is 1.95. The second-order valence-corrected chi connectivity index (χ2v) is 7.69. The third kappa shape index (κ3) is 5.07. The van der Waals surface area contributed by atoms with Crippen molar-refractivity contribution in [3.8, 4) is 0 Å². The van der Waals surface area contributed by atoms with Gasteiger partial charge in [-0.1, -0.05) is 6.42 Å². The van der Waals surface area contributed by atoms with Crippen molar-refractivity contribution in [3.05, 3.63) is 0 Å². The summed E-state index contributed by atoms with van der Waals surface area (Å²) < 4.78 is 5.34. The number of hydrogen-bond donors (Lipinski definition) is 2. The predicted molar refractivity (Wildman–Crippen MR) is 87.8 cm³/mol. The van der Waals surface area contributed by atoms with E-state index in [1.54, 1.807) is 0 Å². The van der Waals surface area contributed by atoms with Crippen LogP contribution in [0.5, 0.6) is 0 Å². The van der Waals surface area contributed by atoms with Gasteiger partial charge in [0.15, 0.2) is 0 Å². The zero-order valence-corrected chi connectivity index (χ0v) is 14.8. The highest BCUT2D eigenvalue weighted by Crippen LogP contribution is 2.22. The van der Waals surface area contributed by atoms with Crippen LogP contribution in [0, 0.1) is 0 Å². The maximum Gasteiger partial charge on any atom is 0.408 e. The molecule has 2 rings (SSSR count). The van der Waals surface area contributed by atoms with Crippen molar-refractivity contribution in [2.45, 2.75) is 57.6 Å². The molecule has 0 aromatic heterocycles. The van der Waals surface area contributed by atoms with E-state index in [2.05, 4.69) is 10.7 Å². The minimum atomic E-state index is -0.922. The Kier molecular flexibility index (Phi) is 5.52. The van der Waals surface area contributed by atoms with Crippen molar-refractivity contribution in [3.63, 3.8) is 0 Å². The summed E-state index contributed by atoms with van der Waals surface area (Å²) in [5, 5.41) is 4.79. The van der Waals surface area contributed by atoms with Crippen LogP contribution in [0.3, 0.4) is 0 Å². The smallest absolute Gasteiger partial charge is 0.408 e. The normalized spacial score (nSPS) is 26.8. The van der Waals surface area contributed by atoms with E-state index in [0.717, 1.165) is 32.5 Å². The fourth-order valence-corrected chi connectivity index (χ4v) is 3.10. The Labute approximate surface area is 138 Å². The average Bonchev–Trinajstić information content (AvgIpc) is 2.80. The second-order valence-electron chi connectivity index (χ2n) is 7.69. The third-order valence-electron chi connectivity index (χ3n) is 4.25. The molecule has 1 atom stereocenters. The van der Waals surface area contributed by atoms with E-state index in [0.29, 0.717) is 13.0 Å². The molecule has 0 radical (unpaired) electrons. The summed E-state index contributed by atoms with van der Waals surface area (Å²) >= 11 is 0. The van der Waals surface area contributed by atoms with Gasteiger partial charge < -0.3 is 15.0 Å². The first-order chi connectivity index (χ1) is 10.7. The lowest BCUT2D eigenvalue weighted by atomic mass is 9.98. The van der Waals surface area contributed by atoms with E-state index < -0.39 is 17.2 Å². The molecule has 0 aliphatic carbocycles. The molecule has 2 aliphatic heterocycles. The molecular formula is C16H30N4O3. The van der Waals surface area contributed by atoms with Crippen LogP contribution >= 0.6 is 0 Å². The average molecular weight is 326 g/mol. The number of nitrogens with zero attached hydrogens (tertiary/aromatic N) is 2. The number of nitrogens with one attached hydrogen (secondary N) is 2. The fourth-order valence-electron chi connectivity index (χ4n) is 3.10. The van der Waals surface area contributed by atoms with Crippen LogP contribution in [0.4, 0.5) is 4.79 Å². The molecule has 2 heterocycles. The lowest BCUT2D eigenvalue weighted by Crippen LogP contribution is -2.63. The van der Waals surface area contributed by atoms with E-state index >= 15 is 0 Å². The molecule has 0 aromatic carbocycles. The summed E-state index contributed by atoms with van der Waals surface area (Å²) in [6.07, 6.45) is 3.43. The van der Waals surface area contributed by atoms with Gasteiger partial charge >= 0.3 is 6.09 Å². The Morgan fingerprint density at radius 1 is 1.09 bits per heavy atom. The predicted octanol–water partition coefficient (Wildman–Crippen LogP) is 1.10. The summed E-state index contributed by atoms with van der Waals surface area (Å²) in [6.45, 7) is 8.43. The van der Waals surface area contributed by atoms with Crippen molar-refractivity contribution in [1.29, 1.82) is 0 Å². The van der Waals surface area contributed by atoms with Crippen molar-refractivity contribution in [2.75, 3.05) is 33.2 Å². The van der Waals surface area contributed by atoms with Gasteiger partial charge in [-0.2, -0.15) is 0 Å². The van der Waals surface area contributed by atoms with Crippen molar-refractivity contribution in [1.82, 2.24) is 20.7 Å². The van der Waals surface area contributed by atoms with Gasteiger partial charge in [-0.05, 0) is 47.1 Å². The fraction of sp³-hybridized carbons (Fsp3) is 0.875. The molecule has 7 nitrogen and oxygen atoms in total. The van der Waals surface area contributed by atoms with Crippen LogP contribution in [0.1, 0.15) is 46.5 Å². The maximum atomic E-state index is 12.8. The quantitative estimate of drug-likeness (QED) is 0.812. The summed E-state index contributed by atoms with van der Waals surface area (Å²) in [5.74, 6) is -0.144. The van der Waals surface area contributed by atoms with Crippen molar-refractivity contribution < 1.29 is 14.3 Å².